The zero-order valence-corrected chi connectivity index (χ0v) is 21.0. The summed E-state index contributed by atoms with van der Waals surface area (Å²) in [5, 5.41) is 6.16. The second kappa shape index (κ2) is 12.5. The molecule has 1 saturated carbocycles. The minimum Gasteiger partial charge on any atom is -0.381 e. The molecule has 2 amide bonds. The minimum atomic E-state index is -0.364. The molecule has 0 aromatic heterocycles. The van der Waals surface area contributed by atoms with Crippen molar-refractivity contribution in [3.63, 3.8) is 0 Å². The molecule has 2 N–H and O–H groups in total. The smallest absolute Gasteiger partial charge is 0.252 e. The topological polar surface area (TPSA) is 67.4 Å². The molecule has 4 rings (SSSR count). The summed E-state index contributed by atoms with van der Waals surface area (Å²) >= 11 is 1.39. The van der Waals surface area contributed by atoms with E-state index in [0.717, 1.165) is 17.0 Å². The molecule has 2 aromatic rings. The first-order valence-electron chi connectivity index (χ1n) is 12.7. The third-order valence-electron chi connectivity index (χ3n) is 7.28. The van der Waals surface area contributed by atoms with E-state index in [4.69, 9.17) is 4.74 Å². The fraction of sp³-hybridized carbons (Fsp3) is 0.500. The van der Waals surface area contributed by atoms with Crippen LogP contribution in [0.15, 0.2) is 53.4 Å². The molecular weight excluding hydrogens is 463 g/mol. The van der Waals surface area contributed by atoms with Crippen molar-refractivity contribution in [1.29, 1.82) is 0 Å². The number of benzene rings is 2. The maximum atomic E-state index is 14.0. The molecule has 0 atom stereocenters. The van der Waals surface area contributed by atoms with Crippen molar-refractivity contribution in [1.82, 2.24) is 10.6 Å². The third kappa shape index (κ3) is 7.07. The lowest BCUT2D eigenvalue weighted by molar-refractivity contribution is -0.118. The highest BCUT2D eigenvalue weighted by Gasteiger charge is 2.35. The quantitative estimate of drug-likeness (QED) is 0.473. The van der Waals surface area contributed by atoms with Crippen LogP contribution in [0.2, 0.25) is 0 Å². The molecule has 35 heavy (non-hydrogen) atoms. The Morgan fingerprint density at radius 3 is 2.54 bits per heavy atom. The highest BCUT2D eigenvalue weighted by atomic mass is 32.2. The van der Waals surface area contributed by atoms with Gasteiger partial charge >= 0.3 is 0 Å². The summed E-state index contributed by atoms with van der Waals surface area (Å²) in [6.45, 7) is 2.30. The van der Waals surface area contributed by atoms with E-state index >= 15 is 0 Å². The monoisotopic (exact) mass is 498 g/mol. The van der Waals surface area contributed by atoms with Gasteiger partial charge in [0.15, 0.2) is 0 Å². The van der Waals surface area contributed by atoms with Crippen molar-refractivity contribution in [2.75, 3.05) is 32.1 Å². The van der Waals surface area contributed by atoms with E-state index in [9.17, 15) is 14.0 Å². The van der Waals surface area contributed by atoms with Crippen LogP contribution in [0.5, 0.6) is 0 Å². The molecule has 1 aliphatic heterocycles. The maximum absolute atomic E-state index is 14.0. The summed E-state index contributed by atoms with van der Waals surface area (Å²) in [5.74, 6) is 0.414. The van der Waals surface area contributed by atoms with Crippen LogP contribution < -0.4 is 10.6 Å². The molecule has 0 bridgehead atoms. The number of hydrogen-bond acceptors (Lipinski definition) is 4. The normalized spacial score (nSPS) is 18.1. The van der Waals surface area contributed by atoms with E-state index in [2.05, 4.69) is 10.6 Å². The van der Waals surface area contributed by atoms with Crippen LogP contribution in [0, 0.1) is 11.7 Å². The summed E-state index contributed by atoms with van der Waals surface area (Å²) in [6.07, 6.45) is 7.63. The number of halogens is 1. The van der Waals surface area contributed by atoms with Gasteiger partial charge in [-0.25, -0.2) is 4.39 Å². The Morgan fingerprint density at radius 2 is 1.77 bits per heavy atom. The highest BCUT2D eigenvalue weighted by molar-refractivity contribution is 8.00. The van der Waals surface area contributed by atoms with E-state index in [-0.39, 0.29) is 28.8 Å². The molecule has 2 aliphatic rings. The van der Waals surface area contributed by atoms with Gasteiger partial charge in [0, 0.05) is 36.6 Å². The molecular formula is C28H35FN2O3S. The summed E-state index contributed by atoms with van der Waals surface area (Å²) in [7, 11) is 0. The first kappa shape index (κ1) is 25.7. The number of thioether (sulfide) groups is 1. The number of nitrogens with one attached hydrogen (secondary N) is 2. The van der Waals surface area contributed by atoms with Crippen molar-refractivity contribution in [3.8, 4) is 0 Å². The molecule has 7 heteroatoms. The summed E-state index contributed by atoms with van der Waals surface area (Å²) < 4.78 is 19.5. The Morgan fingerprint density at radius 1 is 1.00 bits per heavy atom. The van der Waals surface area contributed by atoms with Gasteiger partial charge in [0.1, 0.15) is 5.82 Å². The van der Waals surface area contributed by atoms with E-state index in [1.165, 1.54) is 49.9 Å². The largest absolute Gasteiger partial charge is 0.381 e. The van der Waals surface area contributed by atoms with Gasteiger partial charge in [0.25, 0.3) is 5.91 Å². The lowest BCUT2D eigenvalue weighted by Crippen LogP contribution is -2.44. The van der Waals surface area contributed by atoms with Crippen LogP contribution in [0.1, 0.15) is 60.9 Å². The van der Waals surface area contributed by atoms with Crippen LogP contribution in [0.25, 0.3) is 0 Å². The number of carbonyl (C=O) groups excluding carboxylic acids is 2. The van der Waals surface area contributed by atoms with Crippen molar-refractivity contribution < 1.29 is 18.7 Å². The SMILES string of the molecule is O=C(CSc1ccccc1C(=O)NCC1(c2cccc(F)c2)CCOCC1)NCC1CCCCC1. The fourth-order valence-corrected chi connectivity index (χ4v) is 6.00. The molecule has 1 saturated heterocycles. The third-order valence-corrected chi connectivity index (χ3v) is 8.35. The van der Waals surface area contributed by atoms with Crippen LogP contribution >= 0.6 is 11.8 Å². The van der Waals surface area contributed by atoms with E-state index in [1.54, 1.807) is 18.2 Å². The second-order valence-corrected chi connectivity index (χ2v) is 10.7. The molecule has 2 aromatic carbocycles. The van der Waals surface area contributed by atoms with Gasteiger partial charge in [-0.05, 0) is 61.4 Å². The van der Waals surface area contributed by atoms with Crippen LogP contribution in [0.4, 0.5) is 4.39 Å². The molecule has 0 unspecified atom stereocenters. The number of hydrogen-bond donors (Lipinski definition) is 2. The number of rotatable bonds is 9. The standard InChI is InChI=1S/C28H35FN2O3S/c29-23-10-6-9-22(17-23)28(13-15-34-16-14-28)20-31-27(33)24-11-4-5-12-25(24)35-19-26(32)30-18-21-7-2-1-3-8-21/h4-6,9-12,17,21H,1-3,7-8,13-16,18-20H2,(H,30,32)(H,31,33). The predicted octanol–water partition coefficient (Wildman–Crippen LogP) is 5.09. The van der Waals surface area contributed by atoms with E-state index in [1.807, 2.05) is 24.3 Å². The molecule has 2 fully saturated rings. The average Bonchev–Trinajstić information content (AvgIpc) is 2.90. The number of amides is 2. The maximum Gasteiger partial charge on any atom is 0.252 e. The molecule has 5 nitrogen and oxygen atoms in total. The summed E-state index contributed by atoms with van der Waals surface area (Å²) in [4.78, 5) is 26.4. The number of ether oxygens (including phenoxy) is 1. The Bertz CT molecular complexity index is 1000. The summed E-state index contributed by atoms with van der Waals surface area (Å²) in [6, 6.07) is 14.0. The van der Waals surface area contributed by atoms with Gasteiger partial charge in [-0.15, -0.1) is 11.8 Å². The predicted molar refractivity (Wildman–Crippen MR) is 137 cm³/mol. The Labute approximate surface area is 211 Å². The highest BCUT2D eigenvalue weighted by Crippen LogP contribution is 2.35. The molecule has 188 valence electrons. The molecule has 0 spiro atoms. The van der Waals surface area contributed by atoms with Gasteiger partial charge in [-0.2, -0.15) is 0 Å². The average molecular weight is 499 g/mol. The minimum absolute atomic E-state index is 0.00282. The molecule has 0 radical (unpaired) electrons. The first-order valence-corrected chi connectivity index (χ1v) is 13.6. The van der Waals surface area contributed by atoms with Crippen LogP contribution in [-0.2, 0) is 14.9 Å². The van der Waals surface area contributed by atoms with Gasteiger partial charge in [0.05, 0.1) is 11.3 Å². The Kier molecular flexibility index (Phi) is 9.21. The Balaban J connectivity index is 1.35. The van der Waals surface area contributed by atoms with Gasteiger partial charge in [-0.3, -0.25) is 9.59 Å². The first-order chi connectivity index (χ1) is 17.1. The zero-order valence-electron chi connectivity index (χ0n) is 20.2. The van der Waals surface area contributed by atoms with E-state index < -0.39 is 0 Å². The molecule has 1 heterocycles. The van der Waals surface area contributed by atoms with Crippen molar-refractivity contribution in [2.45, 2.75) is 55.3 Å². The van der Waals surface area contributed by atoms with Crippen molar-refractivity contribution >= 4 is 23.6 Å². The van der Waals surface area contributed by atoms with Crippen LogP contribution in [0.3, 0.4) is 0 Å². The fourth-order valence-electron chi connectivity index (χ4n) is 5.12. The zero-order chi connectivity index (χ0) is 24.5. The van der Waals surface area contributed by atoms with Crippen molar-refractivity contribution in [2.24, 2.45) is 5.92 Å². The van der Waals surface area contributed by atoms with E-state index in [0.29, 0.717) is 44.1 Å². The lowest BCUT2D eigenvalue weighted by atomic mass is 9.74. The van der Waals surface area contributed by atoms with Gasteiger partial charge in [-0.1, -0.05) is 43.5 Å². The van der Waals surface area contributed by atoms with Crippen molar-refractivity contribution in [3.05, 3.63) is 65.5 Å². The second-order valence-electron chi connectivity index (χ2n) is 9.68. The lowest BCUT2D eigenvalue weighted by Gasteiger charge is -2.38. The molecule has 1 aliphatic carbocycles. The summed E-state index contributed by atoms with van der Waals surface area (Å²) in [5.41, 5.74) is 1.08. The van der Waals surface area contributed by atoms with Gasteiger partial charge in [0.2, 0.25) is 5.91 Å². The number of carbonyl (C=O) groups is 2. The Hall–Kier alpha value is -2.38. The van der Waals surface area contributed by atoms with Gasteiger partial charge < -0.3 is 15.4 Å². The van der Waals surface area contributed by atoms with Crippen LogP contribution in [-0.4, -0.2) is 43.9 Å².